The molecule has 3 N–H and O–H groups in total. The highest BCUT2D eigenvalue weighted by Crippen LogP contribution is 2.13. The standard InChI is InChI=1S/C17H14ClN3O3/c18-14-6-1-12(2-7-14)5-10-16(22)24-15-8-3-13(4-9-15)11-20-21-17(19)23/h1-11H,(H3,19,21,23)/b10-5+,20-11-. The lowest BCUT2D eigenvalue weighted by Crippen LogP contribution is -2.24. The molecule has 0 aliphatic carbocycles. The van der Waals surface area contributed by atoms with Crippen molar-refractivity contribution in [3.05, 3.63) is 70.8 Å². The van der Waals surface area contributed by atoms with Crippen LogP contribution in [0.15, 0.2) is 59.7 Å². The van der Waals surface area contributed by atoms with Crippen LogP contribution in [-0.4, -0.2) is 18.2 Å². The van der Waals surface area contributed by atoms with Gasteiger partial charge in [-0.1, -0.05) is 23.7 Å². The van der Waals surface area contributed by atoms with Crippen molar-refractivity contribution in [2.45, 2.75) is 0 Å². The number of benzene rings is 2. The largest absolute Gasteiger partial charge is 0.423 e. The van der Waals surface area contributed by atoms with Gasteiger partial charge in [-0.2, -0.15) is 5.10 Å². The maximum atomic E-state index is 11.8. The molecule has 0 atom stereocenters. The molecule has 0 radical (unpaired) electrons. The van der Waals surface area contributed by atoms with E-state index >= 15 is 0 Å². The van der Waals surface area contributed by atoms with Crippen molar-refractivity contribution in [3.63, 3.8) is 0 Å². The smallest absolute Gasteiger partial charge is 0.336 e. The van der Waals surface area contributed by atoms with Gasteiger partial charge in [-0.15, -0.1) is 0 Å². The first-order chi connectivity index (χ1) is 11.5. The molecule has 0 heterocycles. The summed E-state index contributed by atoms with van der Waals surface area (Å²) in [6, 6.07) is 12.9. The summed E-state index contributed by atoms with van der Waals surface area (Å²) in [4.78, 5) is 22.2. The van der Waals surface area contributed by atoms with E-state index in [2.05, 4.69) is 10.5 Å². The first kappa shape index (κ1) is 17.2. The van der Waals surface area contributed by atoms with E-state index in [1.165, 1.54) is 12.3 Å². The molecule has 0 bridgehead atoms. The Bertz CT molecular complexity index is 769. The fraction of sp³-hybridized carbons (Fsp3) is 0. The number of primary amides is 1. The van der Waals surface area contributed by atoms with Crippen LogP contribution in [0.3, 0.4) is 0 Å². The minimum atomic E-state index is -0.746. The van der Waals surface area contributed by atoms with E-state index in [1.54, 1.807) is 54.6 Å². The summed E-state index contributed by atoms with van der Waals surface area (Å²) in [5.74, 6) is -0.109. The van der Waals surface area contributed by atoms with Crippen LogP contribution in [0.5, 0.6) is 5.75 Å². The third-order valence-corrected chi connectivity index (χ3v) is 3.02. The lowest BCUT2D eigenvalue weighted by Gasteiger charge is -2.01. The van der Waals surface area contributed by atoms with Crippen LogP contribution >= 0.6 is 11.6 Å². The van der Waals surface area contributed by atoms with Crippen LogP contribution in [0, 0.1) is 0 Å². The van der Waals surface area contributed by atoms with Crippen molar-refractivity contribution < 1.29 is 14.3 Å². The molecule has 122 valence electrons. The highest BCUT2D eigenvalue weighted by Gasteiger charge is 2.00. The second-order valence-electron chi connectivity index (χ2n) is 4.61. The van der Waals surface area contributed by atoms with E-state index in [0.717, 1.165) is 5.56 Å². The Morgan fingerprint density at radius 2 is 1.67 bits per heavy atom. The number of amides is 2. The number of rotatable bonds is 5. The van der Waals surface area contributed by atoms with E-state index in [4.69, 9.17) is 22.1 Å². The van der Waals surface area contributed by atoms with Crippen molar-refractivity contribution in [2.75, 3.05) is 0 Å². The van der Waals surface area contributed by atoms with E-state index in [0.29, 0.717) is 16.3 Å². The summed E-state index contributed by atoms with van der Waals surface area (Å²) in [6.45, 7) is 0. The van der Waals surface area contributed by atoms with E-state index in [9.17, 15) is 9.59 Å². The fourth-order valence-electron chi connectivity index (χ4n) is 1.68. The Kier molecular flexibility index (Phi) is 6.10. The lowest BCUT2D eigenvalue weighted by molar-refractivity contribution is -0.128. The first-order valence-corrected chi connectivity index (χ1v) is 7.25. The molecule has 0 fully saturated rings. The van der Waals surface area contributed by atoms with Gasteiger partial charge in [0.15, 0.2) is 0 Å². The van der Waals surface area contributed by atoms with Gasteiger partial charge in [0.05, 0.1) is 6.21 Å². The van der Waals surface area contributed by atoms with Gasteiger partial charge in [0, 0.05) is 11.1 Å². The van der Waals surface area contributed by atoms with Crippen LogP contribution in [0.4, 0.5) is 4.79 Å². The van der Waals surface area contributed by atoms with Gasteiger partial charge in [0.1, 0.15) is 5.75 Å². The third-order valence-electron chi connectivity index (χ3n) is 2.77. The number of nitrogens with two attached hydrogens (primary N) is 1. The van der Waals surface area contributed by atoms with Gasteiger partial charge in [0.25, 0.3) is 0 Å². The predicted octanol–water partition coefficient (Wildman–Crippen LogP) is 2.96. The van der Waals surface area contributed by atoms with Crippen LogP contribution < -0.4 is 15.9 Å². The van der Waals surface area contributed by atoms with Crippen LogP contribution in [0.1, 0.15) is 11.1 Å². The summed E-state index contributed by atoms with van der Waals surface area (Å²) in [6.07, 6.45) is 4.38. The van der Waals surface area contributed by atoms with Gasteiger partial charge < -0.3 is 10.5 Å². The van der Waals surface area contributed by atoms with Crippen molar-refractivity contribution in [1.82, 2.24) is 5.43 Å². The number of urea groups is 1. The zero-order valence-corrected chi connectivity index (χ0v) is 13.2. The molecular formula is C17H14ClN3O3. The Balaban J connectivity index is 1.90. The highest BCUT2D eigenvalue weighted by molar-refractivity contribution is 6.30. The molecule has 0 aromatic heterocycles. The summed E-state index contributed by atoms with van der Waals surface area (Å²) < 4.78 is 5.17. The number of carbonyl (C=O) groups is 2. The zero-order valence-electron chi connectivity index (χ0n) is 12.5. The highest BCUT2D eigenvalue weighted by atomic mass is 35.5. The number of esters is 1. The van der Waals surface area contributed by atoms with Crippen molar-refractivity contribution in [1.29, 1.82) is 0 Å². The summed E-state index contributed by atoms with van der Waals surface area (Å²) in [7, 11) is 0. The minimum Gasteiger partial charge on any atom is -0.423 e. The van der Waals surface area contributed by atoms with Gasteiger partial charge in [-0.25, -0.2) is 15.0 Å². The van der Waals surface area contributed by atoms with Crippen LogP contribution in [0.2, 0.25) is 5.02 Å². The van der Waals surface area contributed by atoms with Gasteiger partial charge in [-0.3, -0.25) is 0 Å². The van der Waals surface area contributed by atoms with Crippen LogP contribution in [0.25, 0.3) is 6.08 Å². The van der Waals surface area contributed by atoms with Crippen molar-refractivity contribution >= 4 is 35.9 Å². The maximum Gasteiger partial charge on any atom is 0.336 e. The molecule has 0 aliphatic rings. The van der Waals surface area contributed by atoms with Gasteiger partial charge in [0.2, 0.25) is 0 Å². The number of carbonyl (C=O) groups excluding carboxylic acids is 2. The second-order valence-corrected chi connectivity index (χ2v) is 5.05. The molecular weight excluding hydrogens is 330 g/mol. The number of nitrogens with zero attached hydrogens (tertiary/aromatic N) is 1. The SMILES string of the molecule is NC(=O)N/N=C\c1ccc(OC(=O)/C=C/c2ccc(Cl)cc2)cc1. The molecule has 0 saturated carbocycles. The number of hydrogen-bond donors (Lipinski definition) is 2. The quantitative estimate of drug-likeness (QED) is 0.287. The second kappa shape index (κ2) is 8.50. The molecule has 0 aliphatic heterocycles. The molecule has 0 spiro atoms. The minimum absolute atomic E-state index is 0.390. The molecule has 0 unspecified atom stereocenters. The average Bonchev–Trinajstić information content (AvgIpc) is 2.56. The molecule has 2 aromatic carbocycles. The number of nitrogens with one attached hydrogen (secondary N) is 1. The Labute approximate surface area is 143 Å². The zero-order chi connectivity index (χ0) is 17.4. The van der Waals surface area contributed by atoms with Gasteiger partial charge >= 0.3 is 12.0 Å². The summed E-state index contributed by atoms with van der Waals surface area (Å²) >= 11 is 5.79. The topological polar surface area (TPSA) is 93.8 Å². The van der Waals surface area contributed by atoms with E-state index in [1.807, 2.05) is 0 Å². The normalized spacial score (nSPS) is 10.9. The molecule has 2 amide bonds. The van der Waals surface area contributed by atoms with E-state index in [-0.39, 0.29) is 0 Å². The monoisotopic (exact) mass is 343 g/mol. The first-order valence-electron chi connectivity index (χ1n) is 6.87. The maximum absolute atomic E-state index is 11.8. The summed E-state index contributed by atoms with van der Waals surface area (Å²) in [5.41, 5.74) is 8.51. The third kappa shape index (κ3) is 5.94. The number of halogens is 1. The fourth-order valence-corrected chi connectivity index (χ4v) is 1.81. The molecule has 6 nitrogen and oxygen atoms in total. The van der Waals surface area contributed by atoms with E-state index < -0.39 is 12.0 Å². The number of hydrogen-bond acceptors (Lipinski definition) is 4. The predicted molar refractivity (Wildman–Crippen MR) is 92.9 cm³/mol. The van der Waals surface area contributed by atoms with Crippen molar-refractivity contribution in [3.8, 4) is 5.75 Å². The number of hydrazone groups is 1. The molecule has 24 heavy (non-hydrogen) atoms. The van der Waals surface area contributed by atoms with Crippen molar-refractivity contribution in [2.24, 2.45) is 10.8 Å². The lowest BCUT2D eigenvalue weighted by atomic mass is 10.2. The number of ether oxygens (including phenoxy) is 1. The van der Waals surface area contributed by atoms with Crippen LogP contribution in [-0.2, 0) is 4.79 Å². The summed E-state index contributed by atoms with van der Waals surface area (Å²) in [5, 5.41) is 4.25. The Morgan fingerprint density at radius 3 is 2.29 bits per heavy atom. The molecule has 2 rings (SSSR count). The molecule has 2 aromatic rings. The molecule has 0 saturated heterocycles. The average molecular weight is 344 g/mol. The Morgan fingerprint density at radius 1 is 1.04 bits per heavy atom. The molecule has 7 heteroatoms. The van der Waals surface area contributed by atoms with Gasteiger partial charge in [-0.05, 0) is 53.6 Å². The Hall–Kier alpha value is -3.12.